The second-order valence-corrected chi connectivity index (χ2v) is 20.0. The molecule has 1 spiro atoms. The van der Waals surface area contributed by atoms with Gasteiger partial charge in [0.2, 0.25) is 21.8 Å². The van der Waals surface area contributed by atoms with Crippen molar-refractivity contribution >= 4 is 44.7 Å². The third kappa shape index (κ3) is 7.68. The maximum atomic E-state index is 14.8. The van der Waals surface area contributed by atoms with Crippen LogP contribution in [0.3, 0.4) is 0 Å². The summed E-state index contributed by atoms with van der Waals surface area (Å²) in [5, 5.41) is 6.75. The van der Waals surface area contributed by atoms with Crippen molar-refractivity contribution in [2.24, 2.45) is 11.8 Å². The minimum Gasteiger partial charge on any atom is -0.497 e. The Morgan fingerprint density at radius 3 is 2.60 bits per heavy atom. The van der Waals surface area contributed by atoms with Crippen molar-refractivity contribution in [1.82, 2.24) is 25.2 Å². The van der Waals surface area contributed by atoms with Crippen molar-refractivity contribution in [3.8, 4) is 11.5 Å². The summed E-state index contributed by atoms with van der Waals surface area (Å²) in [6.07, 6.45) is 10.8. The lowest BCUT2D eigenvalue weighted by atomic mass is 9.86. The van der Waals surface area contributed by atoms with Crippen LogP contribution in [0.5, 0.6) is 11.5 Å². The van der Waals surface area contributed by atoms with E-state index in [0.29, 0.717) is 56.4 Å². The Balaban J connectivity index is 1.14. The van der Waals surface area contributed by atoms with Gasteiger partial charge in [0.25, 0.3) is 5.91 Å². The number of hydrogen-bond acceptors (Lipinski definition) is 10. The largest absolute Gasteiger partial charge is 0.497 e. The molecule has 6 aliphatic rings. The number of carbonyl (C=O) groups excluding carboxylic acids is 4. The number of rotatable bonds is 8. The van der Waals surface area contributed by atoms with Gasteiger partial charge in [-0.1, -0.05) is 38.8 Å². The highest BCUT2D eigenvalue weighted by Crippen LogP contribution is 2.52. The standard InChI is InChI=1S/C42H55N5O9S/c1-25(2)23-55-39(51)44-31-11-9-7-5-6-8-10-27-21-42(27,38(50)46-57(52,53)40(3)18-19-40)45-36(48)33-22-41(24-47(33)37(31)49)17-16-30-29-15-14-28(54-4)20-32(29)43-34(26-12-13-26)35(30)56-41/h8,10,14-15,20,25-27,31,33H,5-7,9,11-13,16-19,21-24H2,1-4H3,(H,44,51)(H,45,48)(H,46,50)/b10-8-/t27-,31+,33+,41-,42-/m1/s1. The Morgan fingerprint density at radius 1 is 1.09 bits per heavy atom. The summed E-state index contributed by atoms with van der Waals surface area (Å²) in [6, 6.07) is 3.79. The van der Waals surface area contributed by atoms with Crippen molar-refractivity contribution in [2.45, 2.75) is 138 Å². The number of carbonyl (C=O) groups is 4. The van der Waals surface area contributed by atoms with Gasteiger partial charge in [-0.3, -0.25) is 19.1 Å². The van der Waals surface area contributed by atoms with Gasteiger partial charge in [-0.25, -0.2) is 18.2 Å². The van der Waals surface area contributed by atoms with E-state index in [0.717, 1.165) is 47.8 Å². The summed E-state index contributed by atoms with van der Waals surface area (Å²) in [7, 11) is -2.36. The van der Waals surface area contributed by atoms with Crippen LogP contribution in [0.15, 0.2) is 30.4 Å². The normalized spacial score (nSPS) is 30.1. The van der Waals surface area contributed by atoms with Crippen molar-refractivity contribution in [1.29, 1.82) is 0 Å². The molecule has 14 nitrogen and oxygen atoms in total. The van der Waals surface area contributed by atoms with Gasteiger partial charge in [0.15, 0.2) is 0 Å². The van der Waals surface area contributed by atoms with E-state index in [2.05, 4.69) is 15.4 Å². The zero-order chi connectivity index (χ0) is 40.3. The predicted molar refractivity (Wildman–Crippen MR) is 211 cm³/mol. The van der Waals surface area contributed by atoms with Crippen LogP contribution in [0.25, 0.3) is 10.9 Å². The molecule has 3 aliphatic carbocycles. The first kappa shape index (κ1) is 39.4. The number of benzene rings is 1. The van der Waals surface area contributed by atoms with Crippen molar-refractivity contribution < 1.29 is 41.8 Å². The summed E-state index contributed by atoms with van der Waals surface area (Å²) >= 11 is 0. The highest BCUT2D eigenvalue weighted by molar-refractivity contribution is 7.91. The zero-order valence-electron chi connectivity index (χ0n) is 33.4. The molecule has 3 N–H and O–H groups in total. The summed E-state index contributed by atoms with van der Waals surface area (Å²) in [4.78, 5) is 63.2. The van der Waals surface area contributed by atoms with Gasteiger partial charge < -0.3 is 29.7 Å². The first-order chi connectivity index (χ1) is 27.2. The Labute approximate surface area is 334 Å². The topological polar surface area (TPSA) is 182 Å². The van der Waals surface area contributed by atoms with Crippen LogP contribution in [0.4, 0.5) is 4.79 Å². The van der Waals surface area contributed by atoms with Crippen molar-refractivity contribution in [2.75, 3.05) is 20.3 Å². The number of allylic oxidation sites excluding steroid dienone is 1. The smallest absolute Gasteiger partial charge is 0.407 e. The fourth-order valence-electron chi connectivity index (χ4n) is 8.73. The average molecular weight is 806 g/mol. The highest BCUT2D eigenvalue weighted by Gasteiger charge is 2.64. The number of hydrogen-bond donors (Lipinski definition) is 3. The van der Waals surface area contributed by atoms with Crippen LogP contribution in [0.2, 0.25) is 0 Å². The maximum Gasteiger partial charge on any atom is 0.407 e. The van der Waals surface area contributed by atoms with Crippen LogP contribution >= 0.6 is 0 Å². The van der Waals surface area contributed by atoms with Crippen LogP contribution < -0.4 is 24.8 Å². The summed E-state index contributed by atoms with van der Waals surface area (Å²) in [6.45, 7) is 5.71. The van der Waals surface area contributed by atoms with Crippen molar-refractivity contribution in [3.05, 3.63) is 41.6 Å². The number of ether oxygens (including phenoxy) is 3. The lowest BCUT2D eigenvalue weighted by Gasteiger charge is -2.37. The van der Waals surface area contributed by atoms with Crippen LogP contribution in [0, 0.1) is 11.8 Å². The minimum atomic E-state index is -3.99. The molecule has 4 amide bonds. The number of aryl methyl sites for hydroxylation is 1. The molecule has 2 aromatic rings. The molecule has 3 saturated carbocycles. The molecule has 1 aromatic carbocycles. The fraction of sp³-hybridized carbons (Fsp3) is 0.643. The molecule has 308 valence electrons. The first-order valence-electron chi connectivity index (χ1n) is 20.7. The van der Waals surface area contributed by atoms with E-state index >= 15 is 0 Å². The van der Waals surface area contributed by atoms with Gasteiger partial charge in [0.05, 0.1) is 36.2 Å². The van der Waals surface area contributed by atoms with Gasteiger partial charge in [-0.2, -0.15) is 0 Å². The number of fused-ring (bicyclic) bond motifs is 5. The molecule has 3 aliphatic heterocycles. The molecule has 1 saturated heterocycles. The van der Waals surface area contributed by atoms with E-state index in [4.69, 9.17) is 19.2 Å². The molecule has 5 atom stereocenters. The third-order valence-corrected chi connectivity index (χ3v) is 15.0. The first-order valence-corrected chi connectivity index (χ1v) is 22.1. The number of pyridine rings is 1. The number of sulfonamides is 1. The molecule has 57 heavy (non-hydrogen) atoms. The lowest BCUT2D eigenvalue weighted by molar-refractivity contribution is -0.141. The second-order valence-electron chi connectivity index (χ2n) is 17.8. The quantitative estimate of drug-likeness (QED) is 0.310. The minimum absolute atomic E-state index is 0.0720. The molecule has 0 radical (unpaired) electrons. The maximum absolute atomic E-state index is 14.8. The molecule has 15 heteroatoms. The molecule has 4 heterocycles. The van der Waals surface area contributed by atoms with Crippen LogP contribution in [-0.2, 0) is 35.6 Å². The van der Waals surface area contributed by atoms with E-state index < -0.39 is 67.7 Å². The third-order valence-electron chi connectivity index (χ3n) is 12.8. The molecular weight excluding hydrogens is 751 g/mol. The summed E-state index contributed by atoms with van der Waals surface area (Å²) in [5.74, 6) is -0.453. The monoisotopic (exact) mass is 805 g/mol. The van der Waals surface area contributed by atoms with Crippen LogP contribution in [0.1, 0.15) is 115 Å². The van der Waals surface area contributed by atoms with E-state index in [-0.39, 0.29) is 37.8 Å². The SMILES string of the molecule is COc1ccc2c3c(c(C4CC4)nc2c1)O[C@]1(CC3)C[C@H]2C(=O)N[C@]3(C(=O)NS(=O)(=O)C4(C)CC4)C[C@H]3/C=C\CCCCC[C@H](NC(=O)OCC(C)C)C(=O)N2C1. The molecule has 4 fully saturated rings. The number of nitrogens with zero attached hydrogens (tertiary/aromatic N) is 2. The number of amides is 4. The van der Waals surface area contributed by atoms with E-state index in [1.165, 1.54) is 4.90 Å². The average Bonchev–Trinajstić information content (AvgIpc) is 4.11. The molecule has 1 aromatic heterocycles. The van der Waals surface area contributed by atoms with Crippen LogP contribution in [-0.4, -0.2) is 90.3 Å². The van der Waals surface area contributed by atoms with E-state index in [1.54, 1.807) is 14.0 Å². The number of nitrogens with one attached hydrogen (secondary N) is 3. The molecule has 0 bridgehead atoms. The number of aromatic nitrogens is 1. The van der Waals surface area contributed by atoms with E-state index in [9.17, 15) is 27.6 Å². The number of methoxy groups -OCH3 is 1. The molecule has 0 unspecified atom stereocenters. The van der Waals surface area contributed by atoms with Gasteiger partial charge in [-0.05, 0) is 89.2 Å². The number of alkyl carbamates (subject to hydrolysis) is 1. The van der Waals surface area contributed by atoms with Gasteiger partial charge in [0.1, 0.15) is 34.7 Å². The zero-order valence-corrected chi connectivity index (χ0v) is 34.2. The summed E-state index contributed by atoms with van der Waals surface area (Å²) in [5.41, 5.74) is 0.267. The van der Waals surface area contributed by atoms with Gasteiger partial charge in [-0.15, -0.1) is 0 Å². The van der Waals surface area contributed by atoms with Gasteiger partial charge in [0, 0.05) is 35.3 Å². The molecule has 8 rings (SSSR count). The lowest BCUT2D eigenvalue weighted by Crippen LogP contribution is -2.58. The Hall–Kier alpha value is -4.40. The van der Waals surface area contributed by atoms with Crippen molar-refractivity contribution in [3.63, 3.8) is 0 Å². The Morgan fingerprint density at radius 2 is 1.88 bits per heavy atom. The predicted octanol–water partition coefficient (Wildman–Crippen LogP) is 4.93. The summed E-state index contributed by atoms with van der Waals surface area (Å²) < 4.78 is 45.8. The van der Waals surface area contributed by atoms with E-state index in [1.807, 2.05) is 44.2 Å². The Bertz CT molecular complexity index is 2110. The highest BCUT2D eigenvalue weighted by atomic mass is 32.2. The van der Waals surface area contributed by atoms with Gasteiger partial charge >= 0.3 is 6.09 Å². The Kier molecular flexibility index (Phi) is 10.2. The fourth-order valence-corrected chi connectivity index (χ4v) is 10.0. The molecular formula is C42H55N5O9S. The second kappa shape index (κ2) is 14.8.